The monoisotopic (exact) mass is 351 g/mol. The first-order valence-electron chi connectivity index (χ1n) is 8.46. The number of nitrogens with one attached hydrogen (secondary N) is 1. The summed E-state index contributed by atoms with van der Waals surface area (Å²) in [6.07, 6.45) is 4.40. The molecular formula is C18H25NO4S. The van der Waals surface area contributed by atoms with Crippen LogP contribution in [-0.2, 0) is 20.3 Å². The maximum Gasteiger partial charge on any atom is 0.339 e. The number of ether oxygens (including phenoxy) is 1. The molecule has 1 amide bonds. The topological polar surface area (TPSA) is 72.5 Å². The van der Waals surface area contributed by atoms with E-state index in [4.69, 9.17) is 4.74 Å². The molecule has 0 radical (unpaired) electrons. The normalized spacial score (nSPS) is 21.8. The van der Waals surface area contributed by atoms with Gasteiger partial charge in [-0.25, -0.2) is 4.79 Å². The van der Waals surface area contributed by atoms with E-state index in [1.54, 1.807) is 31.2 Å². The highest BCUT2D eigenvalue weighted by molar-refractivity contribution is 7.85. The van der Waals surface area contributed by atoms with Crippen molar-refractivity contribution in [2.24, 2.45) is 5.92 Å². The van der Waals surface area contributed by atoms with E-state index in [1.165, 1.54) is 6.42 Å². The van der Waals surface area contributed by atoms with Crippen LogP contribution in [0.1, 0.15) is 49.9 Å². The molecular weight excluding hydrogens is 326 g/mol. The zero-order chi connectivity index (χ0) is 17.5. The number of amides is 1. The lowest BCUT2D eigenvalue weighted by Gasteiger charge is -2.29. The molecule has 1 N–H and O–H groups in total. The van der Waals surface area contributed by atoms with Crippen molar-refractivity contribution >= 4 is 22.7 Å². The zero-order valence-corrected chi connectivity index (χ0v) is 15.1. The second-order valence-electron chi connectivity index (χ2n) is 6.14. The predicted octanol–water partition coefficient (Wildman–Crippen LogP) is 2.67. The van der Waals surface area contributed by atoms with E-state index in [0.717, 1.165) is 19.3 Å². The van der Waals surface area contributed by atoms with Crippen LogP contribution in [0, 0.1) is 5.92 Å². The minimum Gasteiger partial charge on any atom is -0.452 e. The summed E-state index contributed by atoms with van der Waals surface area (Å²) >= 11 is 0. The van der Waals surface area contributed by atoms with E-state index in [2.05, 4.69) is 12.2 Å². The lowest BCUT2D eigenvalue weighted by atomic mass is 9.86. The molecule has 1 aliphatic rings. The van der Waals surface area contributed by atoms with Gasteiger partial charge in [0.05, 0.1) is 21.3 Å². The van der Waals surface area contributed by atoms with Crippen LogP contribution in [-0.4, -0.2) is 34.5 Å². The summed E-state index contributed by atoms with van der Waals surface area (Å²) in [5.74, 6) is -0.0220. The maximum absolute atomic E-state index is 12.2. The van der Waals surface area contributed by atoms with E-state index in [1.807, 2.05) is 0 Å². The molecule has 2 rings (SSSR count). The van der Waals surface area contributed by atoms with Gasteiger partial charge in [0.2, 0.25) is 0 Å². The number of carbonyl (C=O) groups excluding carboxylic acids is 2. The van der Waals surface area contributed by atoms with E-state index in [0.29, 0.717) is 16.6 Å². The van der Waals surface area contributed by atoms with Gasteiger partial charge in [-0.15, -0.1) is 0 Å². The van der Waals surface area contributed by atoms with Gasteiger partial charge in [0.1, 0.15) is 0 Å². The van der Waals surface area contributed by atoms with Gasteiger partial charge in [-0.3, -0.25) is 9.00 Å². The van der Waals surface area contributed by atoms with Crippen LogP contribution in [0.25, 0.3) is 0 Å². The van der Waals surface area contributed by atoms with Crippen molar-refractivity contribution in [3.05, 3.63) is 29.8 Å². The van der Waals surface area contributed by atoms with Crippen LogP contribution in [0.3, 0.4) is 0 Å². The molecule has 0 bridgehead atoms. The van der Waals surface area contributed by atoms with Crippen LogP contribution in [0.5, 0.6) is 0 Å². The summed E-state index contributed by atoms with van der Waals surface area (Å²) < 4.78 is 17.1. The van der Waals surface area contributed by atoms with Crippen LogP contribution in [0.4, 0.5) is 0 Å². The second-order valence-corrected chi connectivity index (χ2v) is 7.85. The molecule has 0 heterocycles. The van der Waals surface area contributed by atoms with Gasteiger partial charge in [-0.2, -0.15) is 0 Å². The van der Waals surface area contributed by atoms with Gasteiger partial charge in [0, 0.05) is 11.8 Å². The highest BCUT2D eigenvalue weighted by atomic mass is 32.2. The molecule has 1 aromatic carbocycles. The van der Waals surface area contributed by atoms with Gasteiger partial charge in [0.25, 0.3) is 5.91 Å². The number of carbonyl (C=O) groups is 2. The Morgan fingerprint density at radius 3 is 2.67 bits per heavy atom. The molecule has 1 aromatic rings. The van der Waals surface area contributed by atoms with Crippen molar-refractivity contribution in [3.8, 4) is 0 Å². The maximum atomic E-state index is 12.2. The first-order valence-corrected chi connectivity index (χ1v) is 9.78. The largest absolute Gasteiger partial charge is 0.452 e. The summed E-state index contributed by atoms with van der Waals surface area (Å²) in [5.41, 5.74) is 0.261. The van der Waals surface area contributed by atoms with Crippen molar-refractivity contribution in [2.45, 2.75) is 50.5 Å². The third kappa shape index (κ3) is 4.90. The molecule has 0 saturated heterocycles. The fraction of sp³-hybridized carbons (Fsp3) is 0.556. The molecule has 5 nitrogen and oxygen atoms in total. The lowest BCUT2D eigenvalue weighted by molar-refractivity contribution is -0.125. The number of rotatable bonds is 6. The highest BCUT2D eigenvalue weighted by Gasteiger charge is 2.23. The molecule has 0 aromatic heterocycles. The molecule has 0 aliphatic heterocycles. The smallest absolute Gasteiger partial charge is 0.339 e. The summed E-state index contributed by atoms with van der Waals surface area (Å²) in [6.45, 7) is 3.61. The standard InChI is InChI=1S/C18H25NO4S/c1-3-24(22)16-11-7-5-9-14(16)18(21)23-12-17(20)19-15-10-6-4-8-13(15)2/h5,7,9,11,13,15H,3-4,6,8,10,12H2,1-2H3,(H,19,20)/t13-,15-,24+/m0/s1. The molecule has 132 valence electrons. The highest BCUT2D eigenvalue weighted by Crippen LogP contribution is 2.23. The molecule has 6 heteroatoms. The van der Waals surface area contributed by atoms with Crippen LogP contribution in [0.15, 0.2) is 29.2 Å². The summed E-state index contributed by atoms with van der Waals surface area (Å²) in [7, 11) is -1.25. The SMILES string of the molecule is CC[S@@](=O)c1ccccc1C(=O)OCC(=O)N[C@H]1CCCC[C@@H]1C. The van der Waals surface area contributed by atoms with Crippen molar-refractivity contribution in [2.75, 3.05) is 12.4 Å². The van der Waals surface area contributed by atoms with E-state index >= 15 is 0 Å². The molecule has 1 saturated carbocycles. The third-order valence-electron chi connectivity index (χ3n) is 4.41. The predicted molar refractivity (Wildman–Crippen MR) is 93.2 cm³/mol. The summed E-state index contributed by atoms with van der Waals surface area (Å²) in [6, 6.07) is 6.81. The number of esters is 1. The Kier molecular flexibility index (Phi) is 6.97. The Balaban J connectivity index is 1.91. The lowest BCUT2D eigenvalue weighted by Crippen LogP contribution is -2.42. The van der Waals surface area contributed by atoms with Crippen LogP contribution >= 0.6 is 0 Å². The Morgan fingerprint density at radius 2 is 1.96 bits per heavy atom. The number of hydrogen-bond donors (Lipinski definition) is 1. The van der Waals surface area contributed by atoms with Gasteiger partial charge in [-0.05, 0) is 30.9 Å². The van der Waals surface area contributed by atoms with E-state index < -0.39 is 16.8 Å². The Morgan fingerprint density at radius 1 is 1.25 bits per heavy atom. The molecule has 3 atom stereocenters. The quantitative estimate of drug-likeness (QED) is 0.800. The van der Waals surface area contributed by atoms with Crippen molar-refractivity contribution in [1.29, 1.82) is 0 Å². The van der Waals surface area contributed by atoms with Gasteiger partial charge >= 0.3 is 5.97 Å². The first-order chi connectivity index (χ1) is 11.5. The average Bonchev–Trinajstić information content (AvgIpc) is 2.61. The van der Waals surface area contributed by atoms with Gasteiger partial charge in [0.15, 0.2) is 6.61 Å². The molecule has 1 aliphatic carbocycles. The minimum atomic E-state index is -1.25. The fourth-order valence-corrected chi connectivity index (χ4v) is 3.92. The average molecular weight is 351 g/mol. The third-order valence-corrected chi connectivity index (χ3v) is 5.78. The summed E-state index contributed by atoms with van der Waals surface area (Å²) in [5, 5.41) is 2.95. The van der Waals surface area contributed by atoms with Gasteiger partial charge < -0.3 is 10.1 Å². The summed E-state index contributed by atoms with van der Waals surface area (Å²) in [4.78, 5) is 24.7. The van der Waals surface area contributed by atoms with Crippen LogP contribution in [0.2, 0.25) is 0 Å². The van der Waals surface area contributed by atoms with Crippen molar-refractivity contribution in [3.63, 3.8) is 0 Å². The fourth-order valence-electron chi connectivity index (χ4n) is 2.98. The van der Waals surface area contributed by atoms with Crippen molar-refractivity contribution in [1.82, 2.24) is 5.32 Å². The second kappa shape index (κ2) is 8.97. The molecule has 1 fully saturated rings. The zero-order valence-electron chi connectivity index (χ0n) is 14.2. The Bertz CT molecular complexity index is 617. The molecule has 0 spiro atoms. The first kappa shape index (κ1) is 18.6. The van der Waals surface area contributed by atoms with E-state index in [-0.39, 0.29) is 24.1 Å². The van der Waals surface area contributed by atoms with Gasteiger partial charge in [-0.1, -0.05) is 38.8 Å². The Labute approximate surface area is 145 Å². The minimum absolute atomic E-state index is 0.157. The van der Waals surface area contributed by atoms with Crippen molar-refractivity contribution < 1.29 is 18.5 Å². The number of hydrogen-bond acceptors (Lipinski definition) is 4. The van der Waals surface area contributed by atoms with Crippen LogP contribution < -0.4 is 5.32 Å². The molecule has 24 heavy (non-hydrogen) atoms. The molecule has 0 unspecified atom stereocenters. The Hall–Kier alpha value is -1.69. The van der Waals surface area contributed by atoms with E-state index in [9.17, 15) is 13.8 Å². The number of benzene rings is 1.